The molecule has 4 rings (SSSR count). The Hall–Kier alpha value is -4.45. The Kier molecular flexibility index (Phi) is 6.64. The van der Waals surface area contributed by atoms with Crippen LogP contribution in [-0.2, 0) is 16.1 Å². The van der Waals surface area contributed by atoms with Crippen molar-refractivity contribution in [2.45, 2.75) is 26.3 Å². The molecule has 0 saturated carbocycles. The van der Waals surface area contributed by atoms with Gasteiger partial charge < -0.3 is 14.5 Å². The van der Waals surface area contributed by atoms with Crippen LogP contribution < -0.4 is 15.4 Å². The van der Waals surface area contributed by atoms with E-state index in [1.165, 1.54) is 4.68 Å². The molecule has 0 unspecified atom stereocenters. The van der Waals surface area contributed by atoms with Crippen molar-refractivity contribution in [1.82, 2.24) is 9.78 Å². The molecular weight excluding hydrogens is 446 g/mol. The normalized spacial score (nSPS) is 12.5. The van der Waals surface area contributed by atoms with E-state index in [9.17, 15) is 19.6 Å². The first kappa shape index (κ1) is 23.7. The lowest BCUT2D eigenvalue weighted by Crippen LogP contribution is -2.29. The molecule has 2 heterocycles. The molecule has 0 atom stereocenters. The zero-order valence-corrected chi connectivity index (χ0v) is 19.8. The summed E-state index contributed by atoms with van der Waals surface area (Å²) < 4.78 is 6.56. The molecule has 0 radical (unpaired) electrons. The number of fused-ring (bicyclic) bond motifs is 2. The highest BCUT2D eigenvalue weighted by Crippen LogP contribution is 2.40. The van der Waals surface area contributed by atoms with Crippen molar-refractivity contribution in [2.24, 2.45) is 0 Å². The van der Waals surface area contributed by atoms with Crippen LogP contribution in [0.1, 0.15) is 30.3 Å². The Morgan fingerprint density at radius 3 is 2.20 bits per heavy atom. The van der Waals surface area contributed by atoms with Crippen molar-refractivity contribution in [1.29, 1.82) is 5.26 Å². The van der Waals surface area contributed by atoms with Crippen molar-refractivity contribution in [2.75, 3.05) is 30.5 Å². The van der Waals surface area contributed by atoms with Crippen LogP contribution in [-0.4, -0.2) is 42.2 Å². The Labute approximate surface area is 202 Å². The van der Waals surface area contributed by atoms with E-state index in [4.69, 9.17) is 4.74 Å². The summed E-state index contributed by atoms with van der Waals surface area (Å²) in [4.78, 5) is 42.2. The SMILES string of the molecule is CCCCn1nc(C(=O)OCC(=O)C(C#N)=C2N(C)c3ccccc3N2C)c2ccccc2c1=O. The summed E-state index contributed by atoms with van der Waals surface area (Å²) in [6.07, 6.45) is 1.58. The number of anilines is 2. The number of hydrogen-bond acceptors (Lipinski definition) is 8. The molecule has 3 aromatic rings. The molecule has 1 aliphatic rings. The van der Waals surface area contributed by atoms with Gasteiger partial charge in [0, 0.05) is 26.0 Å². The summed E-state index contributed by atoms with van der Waals surface area (Å²) in [6, 6.07) is 16.2. The second-order valence-electron chi connectivity index (χ2n) is 8.19. The number of aromatic nitrogens is 2. The maximum absolute atomic E-state index is 13.0. The van der Waals surface area contributed by atoms with Gasteiger partial charge in [-0.2, -0.15) is 10.4 Å². The first-order valence-corrected chi connectivity index (χ1v) is 11.3. The number of ketones is 1. The molecule has 0 spiro atoms. The second kappa shape index (κ2) is 9.81. The average molecular weight is 472 g/mol. The molecule has 9 nitrogen and oxygen atoms in total. The smallest absolute Gasteiger partial charge is 0.359 e. The van der Waals surface area contributed by atoms with Crippen molar-refractivity contribution in [3.05, 3.63) is 76.0 Å². The summed E-state index contributed by atoms with van der Waals surface area (Å²) >= 11 is 0. The largest absolute Gasteiger partial charge is 0.452 e. The van der Waals surface area contributed by atoms with Crippen LogP contribution in [0.3, 0.4) is 0 Å². The molecule has 1 aromatic heterocycles. The third kappa shape index (κ3) is 4.26. The fraction of sp³-hybridized carbons (Fsp3) is 0.269. The van der Waals surface area contributed by atoms with Crippen molar-refractivity contribution >= 4 is 33.9 Å². The van der Waals surface area contributed by atoms with E-state index in [0.717, 1.165) is 24.2 Å². The van der Waals surface area contributed by atoms with Crippen LogP contribution in [0.15, 0.2) is 64.7 Å². The molecule has 0 saturated heterocycles. The van der Waals surface area contributed by atoms with Crippen molar-refractivity contribution in [3.63, 3.8) is 0 Å². The first-order valence-electron chi connectivity index (χ1n) is 11.3. The number of nitriles is 1. The highest BCUT2D eigenvalue weighted by atomic mass is 16.5. The number of carbonyl (C=O) groups is 2. The number of aryl methyl sites for hydroxylation is 1. The third-order valence-corrected chi connectivity index (χ3v) is 5.97. The van der Waals surface area contributed by atoms with Gasteiger partial charge in [-0.15, -0.1) is 0 Å². The zero-order chi connectivity index (χ0) is 25.1. The molecule has 2 aromatic carbocycles. The number of nitrogens with zero attached hydrogens (tertiary/aromatic N) is 5. The minimum Gasteiger partial charge on any atom is -0.452 e. The molecular formula is C26H25N5O4. The Bertz CT molecular complexity index is 1420. The molecule has 9 heteroatoms. The molecule has 1 aliphatic heterocycles. The van der Waals surface area contributed by atoms with Crippen LogP contribution in [0.2, 0.25) is 0 Å². The Balaban J connectivity index is 1.61. The summed E-state index contributed by atoms with van der Waals surface area (Å²) in [6.45, 7) is 1.72. The lowest BCUT2D eigenvalue weighted by Gasteiger charge is -2.19. The fourth-order valence-electron chi connectivity index (χ4n) is 4.17. The maximum Gasteiger partial charge on any atom is 0.359 e. The van der Waals surface area contributed by atoms with Gasteiger partial charge in [0.15, 0.2) is 12.3 Å². The molecule has 0 amide bonds. The van der Waals surface area contributed by atoms with Gasteiger partial charge in [-0.1, -0.05) is 43.7 Å². The summed E-state index contributed by atoms with van der Waals surface area (Å²) in [5.41, 5.74) is 1.26. The molecule has 0 aliphatic carbocycles. The molecule has 35 heavy (non-hydrogen) atoms. The molecule has 178 valence electrons. The summed E-state index contributed by atoms with van der Waals surface area (Å²) in [5.74, 6) is -1.06. The van der Waals surface area contributed by atoms with Gasteiger partial charge in [-0.25, -0.2) is 9.48 Å². The first-order chi connectivity index (χ1) is 16.9. The summed E-state index contributed by atoms with van der Waals surface area (Å²) in [7, 11) is 3.54. The number of rotatable bonds is 7. The van der Waals surface area contributed by atoms with Gasteiger partial charge in [-0.3, -0.25) is 9.59 Å². The minimum atomic E-state index is -0.835. The van der Waals surface area contributed by atoms with Gasteiger partial charge >= 0.3 is 5.97 Å². The second-order valence-corrected chi connectivity index (χ2v) is 8.19. The third-order valence-electron chi connectivity index (χ3n) is 5.97. The Morgan fingerprint density at radius 2 is 1.60 bits per heavy atom. The van der Waals surface area contributed by atoms with E-state index in [1.807, 2.05) is 37.3 Å². The highest BCUT2D eigenvalue weighted by Gasteiger charge is 2.31. The van der Waals surface area contributed by atoms with Crippen molar-refractivity contribution in [3.8, 4) is 6.07 Å². The quantitative estimate of drug-likeness (QED) is 0.294. The van der Waals surface area contributed by atoms with Crippen LogP contribution in [0, 0.1) is 11.3 Å². The van der Waals surface area contributed by atoms with Gasteiger partial charge in [0.2, 0.25) is 5.78 Å². The van der Waals surface area contributed by atoms with Crippen LogP contribution in [0.25, 0.3) is 10.8 Å². The predicted molar refractivity (Wildman–Crippen MR) is 132 cm³/mol. The molecule has 0 fully saturated rings. The predicted octanol–water partition coefficient (Wildman–Crippen LogP) is 3.24. The van der Waals surface area contributed by atoms with E-state index in [0.29, 0.717) is 23.1 Å². The number of unbranched alkanes of at least 4 members (excludes halogenated alkanes) is 1. The van der Waals surface area contributed by atoms with Gasteiger partial charge in [0.25, 0.3) is 5.56 Å². The number of Topliss-reactive ketones (excluding diaryl/α,β-unsaturated/α-hetero) is 1. The molecule has 0 N–H and O–H groups in total. The average Bonchev–Trinajstić information content (AvgIpc) is 3.13. The van der Waals surface area contributed by atoms with E-state index in [-0.39, 0.29) is 16.8 Å². The fourth-order valence-corrected chi connectivity index (χ4v) is 4.17. The lowest BCUT2D eigenvalue weighted by atomic mass is 10.1. The number of carbonyl (C=O) groups excluding carboxylic acids is 2. The van der Waals surface area contributed by atoms with Crippen LogP contribution >= 0.6 is 0 Å². The monoisotopic (exact) mass is 471 g/mol. The zero-order valence-electron chi connectivity index (χ0n) is 19.8. The Morgan fingerprint density at radius 1 is 1.00 bits per heavy atom. The topological polar surface area (TPSA) is 109 Å². The van der Waals surface area contributed by atoms with Gasteiger partial charge in [-0.05, 0) is 24.6 Å². The van der Waals surface area contributed by atoms with E-state index >= 15 is 0 Å². The number of hydrogen-bond donors (Lipinski definition) is 0. The van der Waals surface area contributed by atoms with Crippen LogP contribution in [0.4, 0.5) is 11.4 Å². The number of para-hydroxylation sites is 2. The van der Waals surface area contributed by atoms with Crippen LogP contribution in [0.5, 0.6) is 0 Å². The number of benzene rings is 2. The van der Waals surface area contributed by atoms with E-state index < -0.39 is 18.4 Å². The highest BCUT2D eigenvalue weighted by molar-refractivity contribution is 6.06. The van der Waals surface area contributed by atoms with Gasteiger partial charge in [0.05, 0.1) is 16.8 Å². The number of ether oxygens (including phenoxy) is 1. The summed E-state index contributed by atoms with van der Waals surface area (Å²) in [5, 5.41) is 14.7. The van der Waals surface area contributed by atoms with E-state index in [2.05, 4.69) is 5.10 Å². The lowest BCUT2D eigenvalue weighted by molar-refractivity contribution is -0.118. The number of esters is 1. The molecule has 0 bridgehead atoms. The van der Waals surface area contributed by atoms with E-state index in [1.54, 1.807) is 48.2 Å². The minimum absolute atomic E-state index is 0.0437. The van der Waals surface area contributed by atoms with Crippen molar-refractivity contribution < 1.29 is 14.3 Å². The van der Waals surface area contributed by atoms with Gasteiger partial charge in [0.1, 0.15) is 17.5 Å². The maximum atomic E-state index is 13.0. The standard InChI is InChI=1S/C26H25N5O4/c1-4-5-14-31-25(33)18-11-7-6-10-17(18)23(28-31)26(34)35-16-22(32)19(15-27)24-29(2)20-12-8-9-13-21(20)30(24)3/h6-13H,4-5,14,16H2,1-3H3.